The van der Waals surface area contributed by atoms with Crippen LogP contribution in [-0.2, 0) is 26.7 Å². The zero-order chi connectivity index (χ0) is 21.9. The van der Waals surface area contributed by atoms with Gasteiger partial charge < -0.3 is 4.18 Å². The van der Waals surface area contributed by atoms with E-state index in [1.807, 2.05) is 26.0 Å². The van der Waals surface area contributed by atoms with Gasteiger partial charge in [0.05, 0.1) is 11.8 Å². The van der Waals surface area contributed by atoms with Crippen molar-refractivity contribution in [3.05, 3.63) is 66.4 Å². The molecule has 0 aliphatic rings. The first-order chi connectivity index (χ1) is 14.1. The predicted molar refractivity (Wildman–Crippen MR) is 116 cm³/mol. The van der Waals surface area contributed by atoms with Gasteiger partial charge in [-0.1, -0.05) is 37.3 Å². The summed E-state index contributed by atoms with van der Waals surface area (Å²) in [4.78, 5) is 4.45. The molecular weight excluding hydrogens is 424 g/mol. The maximum atomic E-state index is 13.6. The molecule has 3 aromatic rings. The van der Waals surface area contributed by atoms with E-state index < -0.39 is 20.1 Å². The predicted octanol–water partition coefficient (Wildman–Crippen LogP) is 3.56. The molecule has 1 atom stereocenters. The van der Waals surface area contributed by atoms with E-state index in [4.69, 9.17) is 4.18 Å². The number of hydrogen-bond acceptors (Lipinski definition) is 6. The van der Waals surface area contributed by atoms with E-state index >= 15 is 0 Å². The van der Waals surface area contributed by atoms with Crippen molar-refractivity contribution in [2.75, 3.05) is 6.26 Å². The molecule has 0 aliphatic carbocycles. The molecule has 0 N–H and O–H groups in total. The summed E-state index contributed by atoms with van der Waals surface area (Å²) in [7, 11) is -7.46. The molecule has 7 nitrogen and oxygen atoms in total. The lowest BCUT2D eigenvalue weighted by Crippen LogP contribution is -2.37. The van der Waals surface area contributed by atoms with Gasteiger partial charge >= 0.3 is 10.1 Å². The van der Waals surface area contributed by atoms with Crippen molar-refractivity contribution in [3.8, 4) is 5.75 Å². The molecule has 1 heterocycles. The molecule has 30 heavy (non-hydrogen) atoms. The highest BCUT2D eigenvalue weighted by molar-refractivity contribution is 7.89. The molecule has 0 unspecified atom stereocenters. The molecule has 0 spiro atoms. The number of rotatable bonds is 8. The van der Waals surface area contributed by atoms with Crippen LogP contribution < -0.4 is 4.18 Å². The molecule has 160 valence electrons. The fourth-order valence-corrected chi connectivity index (χ4v) is 5.42. The first-order valence-electron chi connectivity index (χ1n) is 9.46. The lowest BCUT2D eigenvalue weighted by Gasteiger charge is -2.28. The van der Waals surface area contributed by atoms with Crippen LogP contribution in [0.3, 0.4) is 0 Å². The van der Waals surface area contributed by atoms with Crippen LogP contribution >= 0.6 is 0 Å². The van der Waals surface area contributed by atoms with Gasteiger partial charge in [-0.05, 0) is 43.2 Å². The van der Waals surface area contributed by atoms with Gasteiger partial charge in [0.1, 0.15) is 10.6 Å². The highest BCUT2D eigenvalue weighted by Crippen LogP contribution is 2.28. The van der Waals surface area contributed by atoms with E-state index in [2.05, 4.69) is 4.98 Å². The number of benzene rings is 2. The Morgan fingerprint density at radius 3 is 2.30 bits per heavy atom. The van der Waals surface area contributed by atoms with Gasteiger partial charge in [-0.3, -0.25) is 4.98 Å². The van der Waals surface area contributed by atoms with Crippen molar-refractivity contribution < 1.29 is 21.0 Å². The van der Waals surface area contributed by atoms with Gasteiger partial charge in [0.25, 0.3) is 0 Å². The molecule has 0 saturated carbocycles. The molecular formula is C21H24N2O5S2. The molecule has 0 bridgehead atoms. The third kappa shape index (κ3) is 4.97. The van der Waals surface area contributed by atoms with Gasteiger partial charge in [0, 0.05) is 24.2 Å². The number of pyridine rings is 1. The van der Waals surface area contributed by atoms with Crippen molar-refractivity contribution in [1.29, 1.82) is 0 Å². The number of hydrogen-bond donors (Lipinski definition) is 0. The SMILES string of the molecule is CC[C@H](C)N(Cc1ccc(OS(C)(=O)=O)cc1)S(=O)(=O)c1cccc2cccnc12. The Balaban J connectivity index is 1.98. The Labute approximate surface area is 177 Å². The number of fused-ring (bicyclic) bond motifs is 1. The third-order valence-electron chi connectivity index (χ3n) is 4.77. The fraction of sp³-hybridized carbons (Fsp3) is 0.286. The van der Waals surface area contributed by atoms with Crippen LogP contribution in [-0.4, -0.2) is 38.4 Å². The third-order valence-corrected chi connectivity index (χ3v) is 7.26. The van der Waals surface area contributed by atoms with Crippen LogP contribution in [0.2, 0.25) is 0 Å². The summed E-state index contributed by atoms with van der Waals surface area (Å²) in [5.74, 6) is 0.178. The molecule has 1 aromatic heterocycles. The molecule has 0 radical (unpaired) electrons. The summed E-state index contributed by atoms with van der Waals surface area (Å²) in [6.07, 6.45) is 3.18. The molecule has 2 aromatic carbocycles. The summed E-state index contributed by atoms with van der Waals surface area (Å²) in [6, 6.07) is 14.8. The number of para-hydroxylation sites is 1. The highest BCUT2D eigenvalue weighted by atomic mass is 32.2. The quantitative estimate of drug-likeness (QED) is 0.489. The normalized spacial score (nSPS) is 13.5. The molecule has 0 aliphatic heterocycles. The van der Waals surface area contributed by atoms with Crippen LogP contribution in [0.25, 0.3) is 10.9 Å². The summed E-state index contributed by atoms with van der Waals surface area (Å²) in [6.45, 7) is 3.93. The fourth-order valence-electron chi connectivity index (χ4n) is 3.10. The summed E-state index contributed by atoms with van der Waals surface area (Å²) >= 11 is 0. The lowest BCUT2D eigenvalue weighted by molar-refractivity contribution is 0.323. The minimum Gasteiger partial charge on any atom is -0.383 e. The van der Waals surface area contributed by atoms with Crippen molar-refractivity contribution in [3.63, 3.8) is 0 Å². The van der Waals surface area contributed by atoms with Gasteiger partial charge in [-0.15, -0.1) is 0 Å². The minimum absolute atomic E-state index is 0.139. The molecule has 0 amide bonds. The second-order valence-electron chi connectivity index (χ2n) is 7.07. The van der Waals surface area contributed by atoms with Gasteiger partial charge in [0.15, 0.2) is 0 Å². The number of nitrogens with zero attached hydrogens (tertiary/aromatic N) is 2. The van der Waals surface area contributed by atoms with Gasteiger partial charge in [-0.25, -0.2) is 8.42 Å². The van der Waals surface area contributed by atoms with E-state index in [9.17, 15) is 16.8 Å². The van der Waals surface area contributed by atoms with Crippen molar-refractivity contribution in [2.24, 2.45) is 0 Å². The molecule has 0 saturated heterocycles. The van der Waals surface area contributed by atoms with E-state index in [1.165, 1.54) is 16.4 Å². The maximum Gasteiger partial charge on any atom is 0.306 e. The molecule has 9 heteroatoms. The van der Waals surface area contributed by atoms with Crippen molar-refractivity contribution >= 4 is 31.0 Å². The zero-order valence-electron chi connectivity index (χ0n) is 17.0. The first-order valence-corrected chi connectivity index (χ1v) is 12.7. The Morgan fingerprint density at radius 2 is 1.67 bits per heavy atom. The average Bonchev–Trinajstić information content (AvgIpc) is 2.71. The van der Waals surface area contributed by atoms with Gasteiger partial charge in [0.2, 0.25) is 10.0 Å². The minimum atomic E-state index is -3.83. The average molecular weight is 449 g/mol. The summed E-state index contributed by atoms with van der Waals surface area (Å²) < 4.78 is 56.0. The topological polar surface area (TPSA) is 93.6 Å². The largest absolute Gasteiger partial charge is 0.383 e. The van der Waals surface area contributed by atoms with Crippen LogP contribution in [0.15, 0.2) is 65.7 Å². The zero-order valence-corrected chi connectivity index (χ0v) is 18.7. The van der Waals surface area contributed by atoms with Crippen molar-refractivity contribution in [2.45, 2.75) is 37.8 Å². The second-order valence-corrected chi connectivity index (χ2v) is 10.5. The van der Waals surface area contributed by atoms with Crippen LogP contribution in [0, 0.1) is 0 Å². The Hall–Kier alpha value is -2.49. The van der Waals surface area contributed by atoms with Crippen LogP contribution in [0.1, 0.15) is 25.8 Å². The second kappa shape index (κ2) is 8.71. The smallest absolute Gasteiger partial charge is 0.306 e. The van der Waals surface area contributed by atoms with Gasteiger partial charge in [-0.2, -0.15) is 12.7 Å². The number of aromatic nitrogens is 1. The van der Waals surface area contributed by atoms with E-state index in [1.54, 1.807) is 36.5 Å². The first kappa shape index (κ1) is 22.2. The summed E-state index contributed by atoms with van der Waals surface area (Å²) in [5, 5.41) is 0.755. The van der Waals surface area contributed by atoms with Crippen LogP contribution in [0.5, 0.6) is 5.75 Å². The Bertz CT molecular complexity index is 1230. The molecule has 0 fully saturated rings. The van der Waals surface area contributed by atoms with E-state index in [0.29, 0.717) is 17.5 Å². The monoisotopic (exact) mass is 448 g/mol. The number of sulfonamides is 1. The summed E-state index contributed by atoms with van der Waals surface area (Å²) in [5.41, 5.74) is 1.15. The van der Waals surface area contributed by atoms with E-state index in [-0.39, 0.29) is 23.2 Å². The van der Waals surface area contributed by atoms with Crippen molar-refractivity contribution in [1.82, 2.24) is 9.29 Å². The lowest BCUT2D eigenvalue weighted by atomic mass is 10.2. The highest BCUT2D eigenvalue weighted by Gasteiger charge is 2.30. The Kier molecular flexibility index (Phi) is 6.44. The maximum absolute atomic E-state index is 13.6. The van der Waals surface area contributed by atoms with Crippen LogP contribution in [0.4, 0.5) is 0 Å². The van der Waals surface area contributed by atoms with E-state index in [0.717, 1.165) is 11.6 Å². The Morgan fingerprint density at radius 1 is 1.00 bits per heavy atom. The molecule has 3 rings (SSSR count). The standard InChI is InChI=1S/C21H24N2O5S2/c1-4-16(2)23(15-17-10-12-19(13-11-17)28-29(3,24)25)30(26,27)20-9-5-7-18-8-6-14-22-21(18)20/h5-14,16H,4,15H2,1-3H3/t16-/m0/s1.